The zero-order valence-electron chi connectivity index (χ0n) is 17.7. The molecule has 0 saturated heterocycles. The van der Waals surface area contributed by atoms with Gasteiger partial charge in [0.05, 0.1) is 17.7 Å². The highest BCUT2D eigenvalue weighted by atomic mass is 32.1. The second-order valence-electron chi connectivity index (χ2n) is 7.16. The van der Waals surface area contributed by atoms with Gasteiger partial charge < -0.3 is 9.47 Å². The van der Waals surface area contributed by atoms with E-state index in [1.165, 1.54) is 15.9 Å². The number of aromatic nitrogens is 3. The Kier molecular flexibility index (Phi) is 6.62. The molecule has 0 N–H and O–H groups in total. The van der Waals surface area contributed by atoms with Gasteiger partial charge in [0.15, 0.2) is 5.82 Å². The molecule has 0 aliphatic heterocycles. The van der Waals surface area contributed by atoms with Crippen LogP contribution in [-0.2, 0) is 0 Å². The van der Waals surface area contributed by atoms with Gasteiger partial charge in [0.25, 0.3) is 5.56 Å². The van der Waals surface area contributed by atoms with Crippen LogP contribution < -0.4 is 19.6 Å². The van der Waals surface area contributed by atoms with E-state index in [0.717, 1.165) is 41.9 Å². The van der Waals surface area contributed by atoms with E-state index in [-0.39, 0.29) is 5.56 Å². The summed E-state index contributed by atoms with van der Waals surface area (Å²) in [5.41, 5.74) is 1.55. The smallest absolute Gasteiger partial charge is 0.291 e. The zero-order valence-corrected chi connectivity index (χ0v) is 18.5. The molecule has 0 fully saturated rings. The molecule has 0 unspecified atom stereocenters. The van der Waals surface area contributed by atoms with Crippen LogP contribution in [0.3, 0.4) is 0 Å². The standard InChI is InChI=1S/C24H25N3O3S/c1-3-5-15-30-20-9-7-6-8-18(20)16-21-23(28)27-24(31-21)25-22(26-27)17-10-12-19(13-11-17)29-14-4-2/h6-13,16H,3-5,14-15H2,1-2H3/b21-16-. The molecule has 0 atom stereocenters. The number of benzene rings is 2. The van der Waals surface area contributed by atoms with Crippen LogP contribution in [0.15, 0.2) is 53.3 Å². The molecule has 4 aromatic rings. The quantitative estimate of drug-likeness (QED) is 0.366. The van der Waals surface area contributed by atoms with Gasteiger partial charge in [-0.3, -0.25) is 4.79 Å². The Balaban J connectivity index is 1.62. The Labute approximate surface area is 184 Å². The molecule has 0 bridgehead atoms. The summed E-state index contributed by atoms with van der Waals surface area (Å²) in [6.45, 7) is 5.54. The Bertz CT molecular complexity index is 1260. The summed E-state index contributed by atoms with van der Waals surface area (Å²) < 4.78 is 13.4. The number of nitrogens with zero attached hydrogens (tertiary/aromatic N) is 3. The molecule has 0 spiro atoms. The van der Waals surface area contributed by atoms with Crippen LogP contribution in [0.2, 0.25) is 0 Å². The summed E-state index contributed by atoms with van der Waals surface area (Å²) >= 11 is 1.33. The van der Waals surface area contributed by atoms with Crippen molar-refractivity contribution >= 4 is 22.4 Å². The Morgan fingerprint density at radius 1 is 1.00 bits per heavy atom. The van der Waals surface area contributed by atoms with Crippen LogP contribution in [0.5, 0.6) is 11.5 Å². The molecular formula is C24H25N3O3S. The molecule has 0 amide bonds. The van der Waals surface area contributed by atoms with Crippen molar-refractivity contribution in [3.63, 3.8) is 0 Å². The van der Waals surface area contributed by atoms with Crippen LogP contribution in [-0.4, -0.2) is 27.8 Å². The molecule has 6 nitrogen and oxygen atoms in total. The predicted octanol–water partition coefficient (Wildman–Crippen LogP) is 4.33. The van der Waals surface area contributed by atoms with Gasteiger partial charge in [-0.2, -0.15) is 9.50 Å². The summed E-state index contributed by atoms with van der Waals surface area (Å²) in [5, 5.41) is 4.43. The summed E-state index contributed by atoms with van der Waals surface area (Å²) in [4.78, 5) is 18.0. The third-order valence-corrected chi connectivity index (χ3v) is 5.69. The third-order valence-electron chi connectivity index (χ3n) is 4.73. The number of hydrogen-bond acceptors (Lipinski definition) is 6. The van der Waals surface area contributed by atoms with E-state index in [2.05, 4.69) is 23.9 Å². The first-order valence-corrected chi connectivity index (χ1v) is 11.4. The molecule has 7 heteroatoms. The maximum absolute atomic E-state index is 12.9. The largest absolute Gasteiger partial charge is 0.494 e. The average Bonchev–Trinajstić information content (AvgIpc) is 3.33. The molecule has 0 radical (unpaired) electrons. The first-order valence-electron chi connectivity index (χ1n) is 10.6. The number of unbranched alkanes of at least 4 members (excludes halogenated alkanes) is 1. The van der Waals surface area contributed by atoms with Gasteiger partial charge in [-0.15, -0.1) is 5.10 Å². The fourth-order valence-electron chi connectivity index (χ4n) is 3.08. The molecule has 0 aliphatic rings. The van der Waals surface area contributed by atoms with Crippen molar-refractivity contribution in [1.82, 2.24) is 14.6 Å². The number of thiazole rings is 1. The molecule has 0 saturated carbocycles. The number of fused-ring (bicyclic) bond motifs is 1. The zero-order chi connectivity index (χ0) is 21.6. The summed E-state index contributed by atoms with van der Waals surface area (Å²) in [5.74, 6) is 2.12. The van der Waals surface area contributed by atoms with Crippen LogP contribution >= 0.6 is 11.3 Å². The predicted molar refractivity (Wildman–Crippen MR) is 124 cm³/mol. The molecule has 2 aromatic heterocycles. The number of para-hydroxylation sites is 1. The van der Waals surface area contributed by atoms with Gasteiger partial charge in [0, 0.05) is 11.1 Å². The van der Waals surface area contributed by atoms with Crippen molar-refractivity contribution < 1.29 is 9.47 Å². The highest BCUT2D eigenvalue weighted by molar-refractivity contribution is 7.15. The fourth-order valence-corrected chi connectivity index (χ4v) is 3.97. The highest BCUT2D eigenvalue weighted by Crippen LogP contribution is 2.21. The van der Waals surface area contributed by atoms with Gasteiger partial charge in [-0.05, 0) is 49.2 Å². The molecule has 2 heterocycles. The molecule has 4 rings (SSSR count). The van der Waals surface area contributed by atoms with Gasteiger partial charge in [-0.25, -0.2) is 0 Å². The lowest BCUT2D eigenvalue weighted by Gasteiger charge is -2.07. The summed E-state index contributed by atoms with van der Waals surface area (Å²) in [7, 11) is 0. The lowest BCUT2D eigenvalue weighted by atomic mass is 10.2. The minimum Gasteiger partial charge on any atom is -0.494 e. The Morgan fingerprint density at radius 2 is 1.81 bits per heavy atom. The highest BCUT2D eigenvalue weighted by Gasteiger charge is 2.12. The van der Waals surface area contributed by atoms with Crippen molar-refractivity contribution in [3.05, 3.63) is 69.0 Å². The van der Waals surface area contributed by atoms with Crippen molar-refractivity contribution in [1.29, 1.82) is 0 Å². The van der Waals surface area contributed by atoms with Crippen molar-refractivity contribution in [2.75, 3.05) is 13.2 Å². The molecular weight excluding hydrogens is 410 g/mol. The SMILES string of the molecule is CCCCOc1ccccc1/C=c1\sc2nc(-c3ccc(OCCC)cc3)nn2c1=O. The van der Waals surface area contributed by atoms with Gasteiger partial charge in [0.2, 0.25) is 4.96 Å². The van der Waals surface area contributed by atoms with E-state index in [0.29, 0.717) is 28.5 Å². The minimum atomic E-state index is -0.176. The number of ether oxygens (including phenoxy) is 2. The number of rotatable bonds is 9. The topological polar surface area (TPSA) is 65.7 Å². The van der Waals surface area contributed by atoms with Gasteiger partial charge in [0.1, 0.15) is 11.5 Å². The van der Waals surface area contributed by atoms with Crippen LogP contribution in [0.4, 0.5) is 0 Å². The molecule has 160 valence electrons. The average molecular weight is 436 g/mol. The van der Waals surface area contributed by atoms with E-state index in [1.54, 1.807) is 0 Å². The second-order valence-corrected chi connectivity index (χ2v) is 8.17. The van der Waals surface area contributed by atoms with Crippen molar-refractivity contribution in [3.8, 4) is 22.9 Å². The fraction of sp³-hybridized carbons (Fsp3) is 0.292. The second kappa shape index (κ2) is 9.75. The van der Waals surface area contributed by atoms with Crippen LogP contribution in [0, 0.1) is 0 Å². The van der Waals surface area contributed by atoms with Crippen molar-refractivity contribution in [2.45, 2.75) is 33.1 Å². The summed E-state index contributed by atoms with van der Waals surface area (Å²) in [6.07, 6.45) is 4.87. The van der Waals surface area contributed by atoms with Crippen molar-refractivity contribution in [2.24, 2.45) is 0 Å². The monoisotopic (exact) mass is 435 g/mol. The van der Waals surface area contributed by atoms with Gasteiger partial charge in [-0.1, -0.05) is 49.8 Å². The summed E-state index contributed by atoms with van der Waals surface area (Å²) in [6, 6.07) is 15.4. The minimum absolute atomic E-state index is 0.176. The lowest BCUT2D eigenvalue weighted by molar-refractivity contribution is 0.309. The maximum atomic E-state index is 12.9. The maximum Gasteiger partial charge on any atom is 0.291 e. The number of hydrogen-bond donors (Lipinski definition) is 0. The van der Waals surface area contributed by atoms with E-state index >= 15 is 0 Å². The van der Waals surface area contributed by atoms with Crippen LogP contribution in [0.25, 0.3) is 22.4 Å². The third kappa shape index (κ3) is 4.77. The Hall–Kier alpha value is -3.19. The van der Waals surface area contributed by atoms with E-state index in [4.69, 9.17) is 9.47 Å². The first kappa shape index (κ1) is 21.1. The van der Waals surface area contributed by atoms with Crippen LogP contribution in [0.1, 0.15) is 38.7 Å². The molecule has 2 aromatic carbocycles. The van der Waals surface area contributed by atoms with E-state index in [9.17, 15) is 4.79 Å². The molecule has 31 heavy (non-hydrogen) atoms. The van der Waals surface area contributed by atoms with E-state index < -0.39 is 0 Å². The lowest BCUT2D eigenvalue weighted by Crippen LogP contribution is -2.23. The van der Waals surface area contributed by atoms with E-state index in [1.807, 2.05) is 54.6 Å². The molecule has 0 aliphatic carbocycles. The van der Waals surface area contributed by atoms with Gasteiger partial charge >= 0.3 is 0 Å². The normalized spacial score (nSPS) is 11.9. The Morgan fingerprint density at radius 3 is 2.55 bits per heavy atom. The first-order chi connectivity index (χ1) is 15.2.